The largest absolute Gasteiger partial charge is 0.416 e. The van der Waals surface area contributed by atoms with Crippen LogP contribution in [0.2, 0.25) is 0 Å². The van der Waals surface area contributed by atoms with E-state index >= 15 is 0 Å². The zero-order valence-corrected chi connectivity index (χ0v) is 11.1. The average Bonchev–Trinajstić information content (AvgIpc) is 2.69. The lowest BCUT2D eigenvalue weighted by Gasteiger charge is -2.06. The molecule has 0 aliphatic rings. The highest BCUT2D eigenvalue weighted by atomic mass is 32.1. The number of alkyl halides is 3. The molecular formula is C12H9F3N2O2S. The molecule has 0 atom stereocenters. The summed E-state index contributed by atoms with van der Waals surface area (Å²) in [7, 11) is 0. The summed E-state index contributed by atoms with van der Waals surface area (Å²) in [6.07, 6.45) is -4.38. The summed E-state index contributed by atoms with van der Waals surface area (Å²) in [5, 5.41) is 11.0. The second-order valence-corrected chi connectivity index (χ2v) is 5.18. The molecule has 2 aromatic rings. The number of hydrogen-bond acceptors (Lipinski definition) is 4. The van der Waals surface area contributed by atoms with Crippen LogP contribution in [0.4, 0.5) is 13.2 Å². The highest BCUT2D eigenvalue weighted by molar-refractivity contribution is 7.15. The number of thiazole rings is 1. The van der Waals surface area contributed by atoms with E-state index in [1.165, 1.54) is 12.1 Å². The molecule has 20 heavy (non-hydrogen) atoms. The van der Waals surface area contributed by atoms with Crippen LogP contribution in [-0.2, 0) is 12.7 Å². The molecule has 0 saturated carbocycles. The molecule has 0 spiro atoms. The number of nitro groups is 1. The number of aryl methyl sites for hydroxylation is 1. The molecule has 0 unspecified atom stereocenters. The predicted molar refractivity (Wildman–Crippen MR) is 68.0 cm³/mol. The summed E-state index contributed by atoms with van der Waals surface area (Å²) in [5.41, 5.74) is 0.308. The third-order valence-corrected chi connectivity index (χ3v) is 3.82. The Bertz CT molecular complexity index is 635. The number of benzene rings is 1. The van der Waals surface area contributed by atoms with E-state index in [1.54, 1.807) is 6.92 Å². The van der Waals surface area contributed by atoms with Crippen LogP contribution >= 0.6 is 11.3 Å². The molecule has 1 aromatic carbocycles. The molecule has 0 aliphatic heterocycles. The van der Waals surface area contributed by atoms with Gasteiger partial charge in [0.15, 0.2) is 0 Å². The average molecular weight is 302 g/mol. The Morgan fingerprint density at radius 2 is 1.90 bits per heavy atom. The molecule has 0 radical (unpaired) electrons. The Labute approximate surface area is 116 Å². The summed E-state index contributed by atoms with van der Waals surface area (Å²) >= 11 is 1.12. The number of rotatable bonds is 3. The fraction of sp³-hybridized carbons (Fsp3) is 0.250. The Balaban J connectivity index is 2.30. The highest BCUT2D eigenvalue weighted by Crippen LogP contribution is 2.33. The second kappa shape index (κ2) is 5.20. The molecule has 2 rings (SSSR count). The lowest BCUT2D eigenvalue weighted by molar-refractivity contribution is -0.496. The lowest BCUT2D eigenvalue weighted by Crippen LogP contribution is -2.03. The first-order valence-corrected chi connectivity index (χ1v) is 6.35. The Hall–Kier alpha value is -1.96. The molecule has 0 saturated heterocycles. The van der Waals surface area contributed by atoms with Gasteiger partial charge in [0.05, 0.1) is 16.1 Å². The van der Waals surface area contributed by atoms with Gasteiger partial charge in [0.2, 0.25) is 6.54 Å². The van der Waals surface area contributed by atoms with E-state index in [-0.39, 0.29) is 6.54 Å². The van der Waals surface area contributed by atoms with Gasteiger partial charge in [-0.15, -0.1) is 11.3 Å². The molecule has 4 nitrogen and oxygen atoms in total. The van der Waals surface area contributed by atoms with Crippen molar-refractivity contribution in [2.45, 2.75) is 19.6 Å². The van der Waals surface area contributed by atoms with Crippen molar-refractivity contribution >= 4 is 11.3 Å². The van der Waals surface area contributed by atoms with Gasteiger partial charge in [-0.25, -0.2) is 4.98 Å². The van der Waals surface area contributed by atoms with Gasteiger partial charge in [-0.05, 0) is 19.1 Å². The van der Waals surface area contributed by atoms with Crippen molar-refractivity contribution in [3.05, 3.63) is 50.5 Å². The Kier molecular flexibility index (Phi) is 3.76. The standard InChI is InChI=1S/C12H9F3N2O2S/c1-7-10(6-17(18)19)20-11(16-7)8-2-4-9(5-3-8)12(13,14)15/h2-5H,6H2,1H3. The summed E-state index contributed by atoms with van der Waals surface area (Å²) in [4.78, 5) is 14.7. The minimum atomic E-state index is -4.38. The van der Waals surface area contributed by atoms with Crippen molar-refractivity contribution in [3.8, 4) is 10.6 Å². The van der Waals surface area contributed by atoms with Gasteiger partial charge < -0.3 is 0 Å². The molecule has 0 amide bonds. The van der Waals surface area contributed by atoms with Gasteiger partial charge in [0, 0.05) is 10.5 Å². The molecule has 0 aliphatic carbocycles. The van der Waals surface area contributed by atoms with E-state index in [2.05, 4.69) is 4.98 Å². The smallest absolute Gasteiger partial charge is 0.264 e. The van der Waals surface area contributed by atoms with Crippen LogP contribution in [0.15, 0.2) is 24.3 Å². The summed E-state index contributed by atoms with van der Waals surface area (Å²) in [5.74, 6) is 0. The fourth-order valence-corrected chi connectivity index (χ4v) is 2.65. The van der Waals surface area contributed by atoms with E-state index in [0.29, 0.717) is 21.1 Å². The molecule has 8 heteroatoms. The second-order valence-electron chi connectivity index (χ2n) is 4.09. The van der Waals surface area contributed by atoms with E-state index in [9.17, 15) is 23.3 Å². The summed E-state index contributed by atoms with van der Waals surface area (Å²) < 4.78 is 37.3. The van der Waals surface area contributed by atoms with Crippen molar-refractivity contribution in [1.82, 2.24) is 4.98 Å². The first-order valence-electron chi connectivity index (χ1n) is 5.53. The van der Waals surface area contributed by atoms with Crippen LogP contribution < -0.4 is 0 Å². The molecule has 0 fully saturated rings. The van der Waals surface area contributed by atoms with Crippen LogP contribution in [0.5, 0.6) is 0 Å². The molecule has 1 aromatic heterocycles. The first-order chi connectivity index (χ1) is 9.27. The van der Waals surface area contributed by atoms with Gasteiger partial charge in [0.25, 0.3) is 0 Å². The van der Waals surface area contributed by atoms with Crippen molar-refractivity contribution < 1.29 is 18.1 Å². The maximum absolute atomic E-state index is 12.4. The quantitative estimate of drug-likeness (QED) is 0.638. The van der Waals surface area contributed by atoms with E-state index < -0.39 is 16.7 Å². The molecule has 0 N–H and O–H groups in total. The van der Waals surface area contributed by atoms with Gasteiger partial charge in [0.1, 0.15) is 5.01 Å². The summed E-state index contributed by atoms with van der Waals surface area (Å²) in [6.45, 7) is 1.31. The Morgan fingerprint density at radius 1 is 1.30 bits per heavy atom. The maximum atomic E-state index is 12.4. The molecule has 106 valence electrons. The van der Waals surface area contributed by atoms with E-state index in [4.69, 9.17) is 0 Å². The minimum Gasteiger partial charge on any atom is -0.264 e. The van der Waals surface area contributed by atoms with Gasteiger partial charge in [-0.3, -0.25) is 10.1 Å². The van der Waals surface area contributed by atoms with Gasteiger partial charge >= 0.3 is 6.18 Å². The molecule has 1 heterocycles. The topological polar surface area (TPSA) is 56.0 Å². The number of aromatic nitrogens is 1. The summed E-state index contributed by atoms with van der Waals surface area (Å²) in [6, 6.07) is 4.58. The number of hydrogen-bond donors (Lipinski definition) is 0. The van der Waals surface area contributed by atoms with Crippen LogP contribution in [0, 0.1) is 17.0 Å². The Morgan fingerprint density at radius 3 is 2.40 bits per heavy atom. The third kappa shape index (κ3) is 3.13. The molecule has 0 bridgehead atoms. The zero-order valence-electron chi connectivity index (χ0n) is 10.3. The van der Waals surface area contributed by atoms with Crippen molar-refractivity contribution in [3.63, 3.8) is 0 Å². The normalized spacial score (nSPS) is 11.6. The lowest BCUT2D eigenvalue weighted by atomic mass is 10.1. The maximum Gasteiger partial charge on any atom is 0.416 e. The predicted octanol–water partition coefficient (Wildman–Crippen LogP) is 3.91. The van der Waals surface area contributed by atoms with E-state index in [1.807, 2.05) is 0 Å². The van der Waals surface area contributed by atoms with Crippen LogP contribution in [0.1, 0.15) is 16.1 Å². The van der Waals surface area contributed by atoms with Crippen molar-refractivity contribution in [1.29, 1.82) is 0 Å². The van der Waals surface area contributed by atoms with Crippen LogP contribution in [0.3, 0.4) is 0 Å². The third-order valence-electron chi connectivity index (χ3n) is 2.62. The zero-order chi connectivity index (χ0) is 14.9. The number of nitrogens with zero attached hydrogens (tertiary/aromatic N) is 2. The van der Waals surface area contributed by atoms with Crippen LogP contribution in [0.25, 0.3) is 10.6 Å². The monoisotopic (exact) mass is 302 g/mol. The first kappa shape index (κ1) is 14.4. The van der Waals surface area contributed by atoms with Crippen LogP contribution in [-0.4, -0.2) is 9.91 Å². The minimum absolute atomic E-state index is 0.329. The number of halogens is 3. The van der Waals surface area contributed by atoms with Crippen molar-refractivity contribution in [2.24, 2.45) is 0 Å². The van der Waals surface area contributed by atoms with Gasteiger partial charge in [-0.1, -0.05) is 12.1 Å². The molecular weight excluding hydrogens is 293 g/mol. The van der Waals surface area contributed by atoms with Crippen molar-refractivity contribution in [2.75, 3.05) is 0 Å². The van der Waals surface area contributed by atoms with Gasteiger partial charge in [-0.2, -0.15) is 13.2 Å². The fourth-order valence-electron chi connectivity index (χ4n) is 1.62. The highest BCUT2D eigenvalue weighted by Gasteiger charge is 2.30. The van der Waals surface area contributed by atoms with E-state index in [0.717, 1.165) is 23.5 Å². The SMILES string of the molecule is Cc1nc(-c2ccc(C(F)(F)F)cc2)sc1C[N+](=O)[O-].